The van der Waals surface area contributed by atoms with Gasteiger partial charge in [-0.1, -0.05) is 30.3 Å². The Hall–Kier alpha value is -3.01. The van der Waals surface area contributed by atoms with E-state index in [4.69, 9.17) is 4.74 Å². The number of Topliss-reactive ketones (excluding diaryl/α,β-unsaturated/α-hetero) is 1. The number of pyridine rings is 1. The van der Waals surface area contributed by atoms with Crippen LogP contribution in [-0.2, 0) is 16.0 Å². The number of esters is 1. The van der Waals surface area contributed by atoms with Gasteiger partial charge in [-0.25, -0.2) is 4.79 Å². The van der Waals surface area contributed by atoms with Crippen molar-refractivity contribution in [3.05, 3.63) is 77.6 Å². The number of ether oxygens (including phenoxy) is 1. The van der Waals surface area contributed by atoms with E-state index in [9.17, 15) is 9.59 Å². The van der Waals surface area contributed by atoms with Crippen LogP contribution in [0.1, 0.15) is 33.8 Å². The molecule has 0 aliphatic heterocycles. The normalized spacial score (nSPS) is 18.5. The Balaban J connectivity index is 1.42. The fourth-order valence-corrected chi connectivity index (χ4v) is 3.48. The minimum absolute atomic E-state index is 0.0760. The molecule has 4 nitrogen and oxygen atoms in total. The highest BCUT2D eigenvalue weighted by atomic mass is 16.5. The average Bonchev–Trinajstić information content (AvgIpc) is 3.48. The maximum absolute atomic E-state index is 12.6. The van der Waals surface area contributed by atoms with Crippen molar-refractivity contribution >= 4 is 22.5 Å². The molecule has 26 heavy (non-hydrogen) atoms. The molecule has 0 saturated heterocycles. The fourth-order valence-electron chi connectivity index (χ4n) is 3.48. The van der Waals surface area contributed by atoms with Gasteiger partial charge in [0.2, 0.25) is 0 Å². The van der Waals surface area contributed by atoms with Crippen LogP contribution in [0.2, 0.25) is 0 Å². The summed E-state index contributed by atoms with van der Waals surface area (Å²) in [7, 11) is 1.37. The molecule has 1 saturated carbocycles. The first-order valence-electron chi connectivity index (χ1n) is 8.69. The molecular weight excluding hydrogens is 326 g/mol. The molecule has 1 fully saturated rings. The monoisotopic (exact) mass is 345 g/mol. The first-order valence-corrected chi connectivity index (χ1v) is 8.69. The van der Waals surface area contributed by atoms with Crippen LogP contribution in [-0.4, -0.2) is 23.8 Å². The number of hydrogen-bond acceptors (Lipinski definition) is 4. The topological polar surface area (TPSA) is 56.3 Å². The molecule has 0 N–H and O–H groups in total. The van der Waals surface area contributed by atoms with Crippen molar-refractivity contribution in [3.63, 3.8) is 0 Å². The largest absolute Gasteiger partial charge is 0.465 e. The minimum atomic E-state index is -0.341. The van der Waals surface area contributed by atoms with Crippen LogP contribution < -0.4 is 0 Å². The molecule has 0 amide bonds. The van der Waals surface area contributed by atoms with Crippen molar-refractivity contribution < 1.29 is 14.3 Å². The Bertz CT molecular complexity index is 978. The molecule has 2 aromatic carbocycles. The number of benzene rings is 2. The van der Waals surface area contributed by atoms with Crippen LogP contribution in [0.15, 0.2) is 60.9 Å². The number of ketones is 1. The molecule has 0 bridgehead atoms. The summed E-state index contributed by atoms with van der Waals surface area (Å²) < 4.78 is 4.71. The van der Waals surface area contributed by atoms with Crippen LogP contribution in [0.5, 0.6) is 0 Å². The number of methoxy groups -OCH3 is 1. The van der Waals surface area contributed by atoms with E-state index in [1.807, 2.05) is 36.5 Å². The molecule has 1 heterocycles. The maximum atomic E-state index is 12.6. The summed E-state index contributed by atoms with van der Waals surface area (Å²) >= 11 is 0. The zero-order valence-electron chi connectivity index (χ0n) is 14.5. The fraction of sp³-hybridized carbons (Fsp3) is 0.227. The Morgan fingerprint density at radius 2 is 1.88 bits per heavy atom. The number of carbonyl (C=O) groups excluding carboxylic acids is 2. The van der Waals surface area contributed by atoms with Gasteiger partial charge < -0.3 is 4.74 Å². The second-order valence-electron chi connectivity index (χ2n) is 6.76. The second-order valence-corrected chi connectivity index (χ2v) is 6.76. The molecule has 3 aromatic rings. The molecule has 0 radical (unpaired) electrons. The molecular formula is C22H19NO3. The van der Waals surface area contributed by atoms with Gasteiger partial charge in [-0.15, -0.1) is 0 Å². The predicted molar refractivity (Wildman–Crippen MR) is 99.1 cm³/mol. The Morgan fingerprint density at radius 3 is 2.65 bits per heavy atom. The van der Waals surface area contributed by atoms with Crippen LogP contribution >= 0.6 is 0 Å². The van der Waals surface area contributed by atoms with Gasteiger partial charge in [-0.3, -0.25) is 9.78 Å². The van der Waals surface area contributed by atoms with Crippen LogP contribution in [0.4, 0.5) is 0 Å². The summed E-state index contributed by atoms with van der Waals surface area (Å²) in [5.41, 5.74) is 2.69. The SMILES string of the molecule is COC(=O)c1ccc([C@H]2C[C@@H]2C(=O)Cc2ccc3cnccc3c2)cc1. The van der Waals surface area contributed by atoms with Crippen molar-refractivity contribution in [1.82, 2.24) is 4.98 Å². The zero-order valence-corrected chi connectivity index (χ0v) is 14.5. The molecule has 1 aliphatic rings. The highest BCUT2D eigenvalue weighted by Crippen LogP contribution is 2.48. The molecule has 2 atom stereocenters. The lowest BCUT2D eigenvalue weighted by molar-refractivity contribution is -0.119. The second kappa shape index (κ2) is 6.71. The van der Waals surface area contributed by atoms with Crippen LogP contribution in [0.25, 0.3) is 10.8 Å². The van der Waals surface area contributed by atoms with E-state index in [1.54, 1.807) is 18.3 Å². The minimum Gasteiger partial charge on any atom is -0.465 e. The number of fused-ring (bicyclic) bond motifs is 1. The summed E-state index contributed by atoms with van der Waals surface area (Å²) in [4.78, 5) is 28.2. The lowest BCUT2D eigenvalue weighted by atomic mass is 10.0. The lowest BCUT2D eigenvalue weighted by Gasteiger charge is -2.05. The van der Waals surface area contributed by atoms with Gasteiger partial charge in [-0.05, 0) is 47.1 Å². The molecule has 130 valence electrons. The van der Waals surface area contributed by atoms with E-state index in [-0.39, 0.29) is 23.6 Å². The number of aromatic nitrogens is 1. The summed E-state index contributed by atoms with van der Waals surface area (Å²) in [6, 6.07) is 15.4. The molecule has 1 aliphatic carbocycles. The maximum Gasteiger partial charge on any atom is 0.337 e. The van der Waals surface area contributed by atoms with Crippen molar-refractivity contribution in [1.29, 1.82) is 0 Å². The average molecular weight is 345 g/mol. The first kappa shape index (κ1) is 16.5. The highest BCUT2D eigenvalue weighted by Gasteiger charge is 2.43. The third-order valence-electron chi connectivity index (χ3n) is 5.05. The summed E-state index contributed by atoms with van der Waals surface area (Å²) in [6.45, 7) is 0. The predicted octanol–water partition coefficient (Wildman–Crippen LogP) is 3.94. The summed E-state index contributed by atoms with van der Waals surface area (Å²) in [5, 5.41) is 2.19. The van der Waals surface area contributed by atoms with Gasteiger partial charge >= 0.3 is 5.97 Å². The Labute approximate surface area is 151 Å². The van der Waals surface area contributed by atoms with Gasteiger partial charge in [-0.2, -0.15) is 0 Å². The smallest absolute Gasteiger partial charge is 0.337 e. The quantitative estimate of drug-likeness (QED) is 0.657. The zero-order chi connectivity index (χ0) is 18.1. The van der Waals surface area contributed by atoms with E-state index >= 15 is 0 Å². The van der Waals surface area contributed by atoms with E-state index in [0.717, 1.165) is 28.3 Å². The van der Waals surface area contributed by atoms with Gasteiger partial charge in [0.1, 0.15) is 5.78 Å². The third-order valence-corrected chi connectivity index (χ3v) is 5.05. The van der Waals surface area contributed by atoms with Gasteiger partial charge in [0, 0.05) is 30.1 Å². The third kappa shape index (κ3) is 3.23. The van der Waals surface area contributed by atoms with E-state index in [1.165, 1.54) is 7.11 Å². The molecule has 1 aromatic heterocycles. The summed E-state index contributed by atoms with van der Waals surface area (Å²) in [5.74, 6) is 0.276. The standard InChI is InChI=1S/C22H19NO3/c1-26-22(25)16-6-4-15(5-7-16)19-12-20(19)21(24)11-14-2-3-18-13-23-9-8-17(18)10-14/h2-10,13,19-20H,11-12H2,1H3/t19-,20+/m1/s1. The number of rotatable bonds is 5. The van der Waals surface area contributed by atoms with Gasteiger partial charge in [0.25, 0.3) is 0 Å². The number of carbonyl (C=O) groups is 2. The lowest BCUT2D eigenvalue weighted by Crippen LogP contribution is -2.06. The number of hydrogen-bond donors (Lipinski definition) is 0. The molecule has 0 unspecified atom stereocenters. The summed E-state index contributed by atoms with van der Waals surface area (Å²) in [6.07, 6.45) is 4.94. The first-order chi connectivity index (χ1) is 12.7. The molecule has 4 heteroatoms. The van der Waals surface area contributed by atoms with Crippen LogP contribution in [0.3, 0.4) is 0 Å². The van der Waals surface area contributed by atoms with Gasteiger partial charge in [0.15, 0.2) is 0 Å². The van der Waals surface area contributed by atoms with Crippen molar-refractivity contribution in [2.45, 2.75) is 18.8 Å². The van der Waals surface area contributed by atoms with Gasteiger partial charge in [0.05, 0.1) is 12.7 Å². The Morgan fingerprint density at radius 1 is 1.08 bits per heavy atom. The van der Waals surface area contributed by atoms with E-state index < -0.39 is 0 Å². The van der Waals surface area contributed by atoms with Crippen LogP contribution in [0, 0.1) is 5.92 Å². The van der Waals surface area contributed by atoms with Crippen molar-refractivity contribution in [2.24, 2.45) is 5.92 Å². The Kier molecular flexibility index (Phi) is 4.25. The van der Waals surface area contributed by atoms with Crippen molar-refractivity contribution in [2.75, 3.05) is 7.11 Å². The number of nitrogens with zero attached hydrogens (tertiary/aromatic N) is 1. The highest BCUT2D eigenvalue weighted by molar-refractivity contribution is 5.90. The van der Waals surface area contributed by atoms with Crippen molar-refractivity contribution in [3.8, 4) is 0 Å². The molecule has 4 rings (SSSR count). The molecule has 0 spiro atoms. The van der Waals surface area contributed by atoms with E-state index in [2.05, 4.69) is 11.1 Å². The van der Waals surface area contributed by atoms with E-state index in [0.29, 0.717) is 12.0 Å².